The second-order valence-corrected chi connectivity index (χ2v) is 6.50. The van der Waals surface area contributed by atoms with Crippen molar-refractivity contribution in [2.45, 2.75) is 17.7 Å². The van der Waals surface area contributed by atoms with Gasteiger partial charge in [0.1, 0.15) is 5.82 Å². The zero-order valence-corrected chi connectivity index (χ0v) is 13.3. The van der Waals surface area contributed by atoms with Gasteiger partial charge < -0.3 is 4.98 Å². The number of aryl methyl sites for hydroxylation is 1. The topological polar surface area (TPSA) is 40.7 Å². The number of rotatable bonds is 2. The molecule has 0 saturated carbocycles. The number of aromatic nitrogens is 2. The van der Waals surface area contributed by atoms with Crippen molar-refractivity contribution in [2.75, 3.05) is 6.54 Å². The summed E-state index contributed by atoms with van der Waals surface area (Å²) in [6, 6.07) is 12.7. The zero-order chi connectivity index (χ0) is 15.6. The lowest BCUT2D eigenvalue weighted by Crippen LogP contribution is -2.02. The van der Waals surface area contributed by atoms with Crippen LogP contribution in [-0.2, 0) is 6.42 Å². The lowest BCUT2D eigenvalue weighted by atomic mass is 10.1. The van der Waals surface area contributed by atoms with Crippen LogP contribution in [0.5, 0.6) is 0 Å². The Morgan fingerprint density at radius 3 is 2.96 bits per heavy atom. The van der Waals surface area contributed by atoms with Gasteiger partial charge in [-0.05, 0) is 55.1 Å². The van der Waals surface area contributed by atoms with Crippen molar-refractivity contribution in [1.29, 1.82) is 0 Å². The fraction of sp³-hybridized carbons (Fsp3) is 0.167. The first-order chi connectivity index (χ1) is 11.3. The van der Waals surface area contributed by atoms with Crippen LogP contribution in [0, 0.1) is 5.82 Å². The predicted octanol–water partition coefficient (Wildman–Crippen LogP) is 4.43. The highest BCUT2D eigenvalue weighted by Crippen LogP contribution is 2.31. The first kappa shape index (κ1) is 14.5. The zero-order valence-electron chi connectivity index (χ0n) is 12.5. The number of halogens is 1. The van der Waals surface area contributed by atoms with Gasteiger partial charge in [0.2, 0.25) is 0 Å². The number of benzene rings is 1. The molecule has 5 heteroatoms. The second kappa shape index (κ2) is 6.18. The molecular formula is C18H16FN3S. The monoisotopic (exact) mass is 325 g/mol. The molecule has 3 aromatic rings. The number of hydrogen-bond acceptors (Lipinski definition) is 3. The van der Waals surface area contributed by atoms with E-state index in [0.717, 1.165) is 41.9 Å². The Bertz CT molecular complexity index is 820. The molecule has 4 rings (SSSR count). The summed E-state index contributed by atoms with van der Waals surface area (Å²) in [6.07, 6.45) is 3.95. The highest BCUT2D eigenvalue weighted by Gasteiger charge is 2.13. The van der Waals surface area contributed by atoms with Crippen molar-refractivity contribution in [1.82, 2.24) is 14.7 Å². The highest BCUT2D eigenvalue weighted by molar-refractivity contribution is 7.97. The maximum atomic E-state index is 13.4. The molecule has 1 aromatic carbocycles. The number of nitrogens with zero attached hydrogens (tertiary/aromatic N) is 1. The first-order valence-corrected chi connectivity index (χ1v) is 8.45. The van der Waals surface area contributed by atoms with Crippen molar-refractivity contribution in [2.24, 2.45) is 0 Å². The standard InChI is InChI=1S/C18H16FN3S/c19-14-4-1-3-12(9-14)16-10-13(6-8-20-16)17-11-18-15(22-17)5-2-7-21-23-18/h1,3-4,6,8-11,21-22H,2,5,7H2. The third-order valence-electron chi connectivity index (χ3n) is 3.94. The Morgan fingerprint density at radius 2 is 2.04 bits per heavy atom. The van der Waals surface area contributed by atoms with Crippen LogP contribution in [0.4, 0.5) is 4.39 Å². The number of aromatic amines is 1. The van der Waals surface area contributed by atoms with Crippen LogP contribution in [0.15, 0.2) is 53.6 Å². The largest absolute Gasteiger partial charge is 0.357 e. The molecule has 3 nitrogen and oxygen atoms in total. The van der Waals surface area contributed by atoms with Gasteiger partial charge in [-0.15, -0.1) is 0 Å². The molecule has 0 aliphatic carbocycles. The minimum atomic E-state index is -0.247. The summed E-state index contributed by atoms with van der Waals surface area (Å²) in [5.74, 6) is -0.247. The van der Waals surface area contributed by atoms with Crippen LogP contribution in [0.2, 0.25) is 0 Å². The average Bonchev–Trinajstić information content (AvgIpc) is 2.86. The third-order valence-corrected chi connectivity index (χ3v) is 4.87. The molecule has 23 heavy (non-hydrogen) atoms. The van der Waals surface area contributed by atoms with Crippen LogP contribution in [-0.4, -0.2) is 16.5 Å². The Labute approximate surface area is 138 Å². The number of fused-ring (bicyclic) bond motifs is 1. The van der Waals surface area contributed by atoms with Crippen LogP contribution < -0.4 is 4.72 Å². The number of pyridine rings is 1. The molecule has 0 radical (unpaired) electrons. The smallest absolute Gasteiger partial charge is 0.123 e. The van der Waals surface area contributed by atoms with Crippen molar-refractivity contribution in [3.05, 3.63) is 60.2 Å². The SMILES string of the molecule is Fc1cccc(-c2cc(-c3cc4c([nH]3)CCCNS4)ccn2)c1. The van der Waals surface area contributed by atoms with E-state index < -0.39 is 0 Å². The molecule has 0 saturated heterocycles. The van der Waals surface area contributed by atoms with Crippen molar-refractivity contribution < 1.29 is 4.39 Å². The van der Waals surface area contributed by atoms with Gasteiger partial charge in [-0.25, -0.2) is 4.39 Å². The summed E-state index contributed by atoms with van der Waals surface area (Å²) in [6.45, 7) is 1.03. The van der Waals surface area contributed by atoms with E-state index in [4.69, 9.17) is 0 Å². The van der Waals surface area contributed by atoms with E-state index >= 15 is 0 Å². The lowest BCUT2D eigenvalue weighted by Gasteiger charge is -2.04. The third kappa shape index (κ3) is 3.02. The van der Waals surface area contributed by atoms with Gasteiger partial charge in [0.15, 0.2) is 0 Å². The lowest BCUT2D eigenvalue weighted by molar-refractivity contribution is 0.628. The molecule has 2 N–H and O–H groups in total. The molecular weight excluding hydrogens is 309 g/mol. The summed E-state index contributed by atoms with van der Waals surface area (Å²) in [7, 11) is 0. The fourth-order valence-electron chi connectivity index (χ4n) is 2.78. The quantitative estimate of drug-likeness (QED) is 0.685. The van der Waals surface area contributed by atoms with Gasteiger partial charge in [0, 0.05) is 40.2 Å². The maximum Gasteiger partial charge on any atom is 0.123 e. The first-order valence-electron chi connectivity index (χ1n) is 7.63. The Balaban J connectivity index is 1.71. The van der Waals surface area contributed by atoms with Gasteiger partial charge >= 0.3 is 0 Å². The molecule has 2 aromatic heterocycles. The Hall–Kier alpha value is -2.11. The Kier molecular flexibility index (Phi) is 3.89. The van der Waals surface area contributed by atoms with E-state index in [-0.39, 0.29) is 5.82 Å². The normalized spacial score (nSPS) is 14.3. The summed E-state index contributed by atoms with van der Waals surface area (Å²) in [5.41, 5.74) is 4.98. The second-order valence-electron chi connectivity index (χ2n) is 5.57. The molecule has 0 atom stereocenters. The summed E-state index contributed by atoms with van der Waals surface area (Å²) >= 11 is 1.68. The summed E-state index contributed by atoms with van der Waals surface area (Å²) < 4.78 is 16.8. The molecule has 3 heterocycles. The molecule has 116 valence electrons. The van der Waals surface area contributed by atoms with Crippen LogP contribution >= 0.6 is 11.9 Å². The molecule has 0 spiro atoms. The maximum absolute atomic E-state index is 13.4. The van der Waals surface area contributed by atoms with E-state index in [1.54, 1.807) is 24.2 Å². The summed E-state index contributed by atoms with van der Waals surface area (Å²) in [5, 5.41) is 0. The van der Waals surface area contributed by atoms with E-state index in [0.29, 0.717) is 0 Å². The minimum Gasteiger partial charge on any atom is -0.357 e. The van der Waals surface area contributed by atoms with Crippen LogP contribution in [0.3, 0.4) is 0 Å². The molecule has 1 aliphatic heterocycles. The summed E-state index contributed by atoms with van der Waals surface area (Å²) in [4.78, 5) is 9.14. The van der Waals surface area contributed by atoms with E-state index in [1.807, 2.05) is 18.2 Å². The van der Waals surface area contributed by atoms with Crippen LogP contribution in [0.25, 0.3) is 22.5 Å². The molecule has 0 fully saturated rings. The molecule has 0 amide bonds. The predicted molar refractivity (Wildman–Crippen MR) is 91.6 cm³/mol. The van der Waals surface area contributed by atoms with Crippen LogP contribution in [0.1, 0.15) is 12.1 Å². The fourth-order valence-corrected chi connectivity index (χ4v) is 3.64. The van der Waals surface area contributed by atoms with E-state index in [9.17, 15) is 4.39 Å². The number of H-pyrrole nitrogens is 1. The molecule has 0 bridgehead atoms. The van der Waals surface area contributed by atoms with Gasteiger partial charge in [0.25, 0.3) is 0 Å². The van der Waals surface area contributed by atoms with Crippen molar-refractivity contribution in [3.8, 4) is 22.5 Å². The van der Waals surface area contributed by atoms with E-state index in [2.05, 4.69) is 20.8 Å². The highest BCUT2D eigenvalue weighted by atomic mass is 32.2. The van der Waals surface area contributed by atoms with Gasteiger partial charge in [-0.2, -0.15) is 0 Å². The van der Waals surface area contributed by atoms with Gasteiger partial charge in [-0.1, -0.05) is 12.1 Å². The van der Waals surface area contributed by atoms with Gasteiger partial charge in [0.05, 0.1) is 5.69 Å². The number of hydrogen-bond donors (Lipinski definition) is 2. The average molecular weight is 325 g/mol. The number of nitrogens with one attached hydrogen (secondary N) is 2. The molecule has 1 aliphatic rings. The van der Waals surface area contributed by atoms with Crippen molar-refractivity contribution >= 4 is 11.9 Å². The van der Waals surface area contributed by atoms with E-state index in [1.165, 1.54) is 22.7 Å². The molecule has 0 unspecified atom stereocenters. The van der Waals surface area contributed by atoms with Crippen molar-refractivity contribution in [3.63, 3.8) is 0 Å². The minimum absolute atomic E-state index is 0.247. The van der Waals surface area contributed by atoms with Gasteiger partial charge in [-0.3, -0.25) is 9.71 Å². The Morgan fingerprint density at radius 1 is 1.09 bits per heavy atom.